The summed E-state index contributed by atoms with van der Waals surface area (Å²) in [6, 6.07) is 9.16. The molecule has 3 aromatic rings. The molecule has 80 valence electrons. The van der Waals surface area contributed by atoms with Crippen LogP contribution in [0.25, 0.3) is 11.1 Å². The Labute approximate surface area is 91.7 Å². The lowest BCUT2D eigenvalue weighted by Gasteiger charge is -1.89. The Morgan fingerprint density at radius 3 is 3.00 bits per heavy atom. The van der Waals surface area contributed by atoms with Crippen molar-refractivity contribution in [2.24, 2.45) is 0 Å². The van der Waals surface area contributed by atoms with Crippen LogP contribution in [0.3, 0.4) is 0 Å². The highest BCUT2D eigenvalue weighted by atomic mass is 16.4. The molecule has 4 heteroatoms. The molecule has 0 radical (unpaired) electrons. The lowest BCUT2D eigenvalue weighted by molar-refractivity contribution is 0.480. The van der Waals surface area contributed by atoms with Gasteiger partial charge in [0.1, 0.15) is 11.3 Å². The Bertz CT molecular complexity index is 611. The van der Waals surface area contributed by atoms with E-state index in [1.54, 1.807) is 12.3 Å². The lowest BCUT2D eigenvalue weighted by atomic mass is 10.3. The molecule has 0 aliphatic rings. The van der Waals surface area contributed by atoms with Gasteiger partial charge in [0.15, 0.2) is 5.58 Å². The van der Waals surface area contributed by atoms with Gasteiger partial charge in [0, 0.05) is 11.8 Å². The van der Waals surface area contributed by atoms with Crippen molar-refractivity contribution >= 4 is 16.8 Å². The van der Waals surface area contributed by atoms with E-state index in [2.05, 4.69) is 4.98 Å². The first-order chi connectivity index (χ1) is 7.81. The van der Waals surface area contributed by atoms with Crippen molar-refractivity contribution in [3.63, 3.8) is 0 Å². The maximum absolute atomic E-state index is 5.66. The van der Waals surface area contributed by atoms with Crippen molar-refractivity contribution in [3.05, 3.63) is 48.2 Å². The number of hydrogen-bond donors (Lipinski definition) is 1. The van der Waals surface area contributed by atoms with E-state index in [-0.39, 0.29) is 0 Å². The van der Waals surface area contributed by atoms with E-state index in [1.807, 2.05) is 24.3 Å². The van der Waals surface area contributed by atoms with Crippen molar-refractivity contribution in [2.45, 2.75) is 6.42 Å². The van der Waals surface area contributed by atoms with Gasteiger partial charge in [-0.05, 0) is 24.3 Å². The summed E-state index contributed by atoms with van der Waals surface area (Å²) in [5.74, 6) is 1.47. The van der Waals surface area contributed by atoms with Gasteiger partial charge in [-0.2, -0.15) is 0 Å². The molecule has 0 aliphatic heterocycles. The van der Waals surface area contributed by atoms with E-state index in [1.165, 1.54) is 0 Å². The quantitative estimate of drug-likeness (QED) is 0.666. The molecular formula is C12H10N2O2. The minimum absolute atomic E-state index is 0.557. The van der Waals surface area contributed by atoms with E-state index in [0.717, 1.165) is 11.3 Å². The molecule has 0 atom stereocenters. The second-order valence-electron chi connectivity index (χ2n) is 3.59. The number of furan rings is 1. The van der Waals surface area contributed by atoms with Gasteiger partial charge in [0.2, 0.25) is 5.89 Å². The molecule has 3 rings (SSSR count). The first-order valence-electron chi connectivity index (χ1n) is 4.98. The molecule has 2 N–H and O–H groups in total. The molecule has 4 nitrogen and oxygen atoms in total. The standard InChI is InChI=1S/C12H10N2O2/c13-8-3-4-10-11(6-8)16-12(14-10)7-9-2-1-5-15-9/h1-6H,7,13H2. The highest BCUT2D eigenvalue weighted by Crippen LogP contribution is 2.20. The van der Waals surface area contributed by atoms with Crippen LogP contribution in [0.5, 0.6) is 0 Å². The highest BCUT2D eigenvalue weighted by Gasteiger charge is 2.07. The molecule has 0 amide bonds. The zero-order valence-corrected chi connectivity index (χ0v) is 8.51. The third-order valence-corrected chi connectivity index (χ3v) is 2.36. The molecule has 1 aromatic carbocycles. The molecule has 0 bridgehead atoms. The van der Waals surface area contributed by atoms with Crippen LogP contribution in [0.1, 0.15) is 11.7 Å². The zero-order valence-electron chi connectivity index (χ0n) is 8.51. The molecule has 0 fully saturated rings. The fourth-order valence-electron chi connectivity index (χ4n) is 1.63. The van der Waals surface area contributed by atoms with Crippen LogP contribution in [0.15, 0.2) is 45.4 Å². The molecular weight excluding hydrogens is 204 g/mol. The fraction of sp³-hybridized carbons (Fsp3) is 0.0833. The minimum atomic E-state index is 0.557. The lowest BCUT2D eigenvalue weighted by Crippen LogP contribution is -1.84. The van der Waals surface area contributed by atoms with Gasteiger partial charge in [-0.15, -0.1) is 0 Å². The summed E-state index contributed by atoms with van der Waals surface area (Å²) in [5.41, 5.74) is 7.86. The molecule has 2 aromatic heterocycles. The molecule has 0 aliphatic carbocycles. The van der Waals surface area contributed by atoms with Gasteiger partial charge < -0.3 is 14.6 Å². The van der Waals surface area contributed by atoms with E-state index < -0.39 is 0 Å². The average molecular weight is 214 g/mol. The minimum Gasteiger partial charge on any atom is -0.469 e. The number of aromatic nitrogens is 1. The first-order valence-corrected chi connectivity index (χ1v) is 4.98. The Balaban J connectivity index is 1.99. The fourth-order valence-corrected chi connectivity index (χ4v) is 1.63. The highest BCUT2D eigenvalue weighted by molar-refractivity contribution is 5.76. The van der Waals surface area contributed by atoms with Crippen LogP contribution in [0.2, 0.25) is 0 Å². The topological polar surface area (TPSA) is 65.2 Å². The van der Waals surface area contributed by atoms with Gasteiger partial charge in [0.05, 0.1) is 12.7 Å². The normalized spacial score (nSPS) is 11.0. The van der Waals surface area contributed by atoms with Gasteiger partial charge in [-0.3, -0.25) is 0 Å². The van der Waals surface area contributed by atoms with Gasteiger partial charge >= 0.3 is 0 Å². The molecule has 0 unspecified atom stereocenters. The molecule has 0 saturated carbocycles. The summed E-state index contributed by atoms with van der Waals surface area (Å²) >= 11 is 0. The van der Waals surface area contributed by atoms with Crippen LogP contribution in [-0.4, -0.2) is 4.98 Å². The molecule has 16 heavy (non-hydrogen) atoms. The summed E-state index contributed by atoms with van der Waals surface area (Å²) in [5, 5.41) is 0. The van der Waals surface area contributed by atoms with Crippen LogP contribution >= 0.6 is 0 Å². The first kappa shape index (κ1) is 9.03. The predicted molar refractivity (Wildman–Crippen MR) is 59.9 cm³/mol. The maximum Gasteiger partial charge on any atom is 0.203 e. The number of nitrogens with two attached hydrogens (primary N) is 1. The number of rotatable bonds is 2. The van der Waals surface area contributed by atoms with E-state index in [0.29, 0.717) is 23.6 Å². The third-order valence-electron chi connectivity index (χ3n) is 2.36. The zero-order chi connectivity index (χ0) is 11.0. The van der Waals surface area contributed by atoms with Gasteiger partial charge in [0.25, 0.3) is 0 Å². The molecule has 2 heterocycles. The summed E-state index contributed by atoms with van der Waals surface area (Å²) in [6.45, 7) is 0. The maximum atomic E-state index is 5.66. The van der Waals surface area contributed by atoms with Crippen molar-refractivity contribution in [1.29, 1.82) is 0 Å². The monoisotopic (exact) mass is 214 g/mol. The second kappa shape index (κ2) is 3.41. The van der Waals surface area contributed by atoms with Crippen molar-refractivity contribution in [1.82, 2.24) is 4.98 Å². The number of fused-ring (bicyclic) bond motifs is 1. The largest absolute Gasteiger partial charge is 0.469 e. The van der Waals surface area contributed by atoms with Crippen LogP contribution in [-0.2, 0) is 6.42 Å². The Kier molecular flexibility index (Phi) is 1.93. The smallest absolute Gasteiger partial charge is 0.203 e. The molecule has 0 spiro atoms. The van der Waals surface area contributed by atoms with E-state index in [9.17, 15) is 0 Å². The number of hydrogen-bond acceptors (Lipinski definition) is 4. The number of nitrogen functional groups attached to an aromatic ring is 1. The summed E-state index contributed by atoms with van der Waals surface area (Å²) in [4.78, 5) is 4.35. The van der Waals surface area contributed by atoms with Crippen LogP contribution in [0.4, 0.5) is 5.69 Å². The predicted octanol–water partition coefficient (Wildman–Crippen LogP) is 2.59. The summed E-state index contributed by atoms with van der Waals surface area (Å²) < 4.78 is 10.8. The second-order valence-corrected chi connectivity index (χ2v) is 3.59. The summed E-state index contributed by atoms with van der Waals surface area (Å²) in [6.07, 6.45) is 2.19. The van der Waals surface area contributed by atoms with Gasteiger partial charge in [-0.1, -0.05) is 0 Å². The van der Waals surface area contributed by atoms with Crippen LogP contribution in [0, 0.1) is 0 Å². The number of nitrogens with zero attached hydrogens (tertiary/aromatic N) is 1. The number of anilines is 1. The Morgan fingerprint density at radius 1 is 1.25 bits per heavy atom. The molecule has 0 saturated heterocycles. The van der Waals surface area contributed by atoms with E-state index in [4.69, 9.17) is 14.6 Å². The average Bonchev–Trinajstić information content (AvgIpc) is 2.86. The van der Waals surface area contributed by atoms with Gasteiger partial charge in [-0.25, -0.2) is 4.98 Å². The Morgan fingerprint density at radius 2 is 2.19 bits per heavy atom. The van der Waals surface area contributed by atoms with Crippen molar-refractivity contribution in [3.8, 4) is 0 Å². The third kappa shape index (κ3) is 1.54. The van der Waals surface area contributed by atoms with E-state index >= 15 is 0 Å². The SMILES string of the molecule is Nc1ccc2nc(Cc3ccco3)oc2c1. The number of benzene rings is 1. The Hall–Kier alpha value is -2.23. The van der Waals surface area contributed by atoms with Crippen molar-refractivity contribution in [2.75, 3.05) is 5.73 Å². The van der Waals surface area contributed by atoms with Crippen LogP contribution < -0.4 is 5.73 Å². The summed E-state index contributed by atoms with van der Waals surface area (Å²) in [7, 11) is 0. The van der Waals surface area contributed by atoms with Crippen molar-refractivity contribution < 1.29 is 8.83 Å². The number of oxazole rings is 1.